The fourth-order valence-corrected chi connectivity index (χ4v) is 2.30. The van der Waals surface area contributed by atoms with Crippen molar-refractivity contribution in [2.75, 3.05) is 11.9 Å². The lowest BCUT2D eigenvalue weighted by atomic mass is 10.0. The first kappa shape index (κ1) is 12.8. The summed E-state index contributed by atoms with van der Waals surface area (Å²) in [5.74, 6) is 0.738. The molecule has 1 amide bonds. The van der Waals surface area contributed by atoms with Gasteiger partial charge in [0.05, 0.1) is 17.9 Å². The number of carbonyl (C=O) groups excluding carboxylic acids is 1. The molecule has 0 spiro atoms. The van der Waals surface area contributed by atoms with Gasteiger partial charge in [-0.2, -0.15) is 5.10 Å². The first-order valence-corrected chi connectivity index (χ1v) is 6.83. The van der Waals surface area contributed by atoms with Crippen molar-refractivity contribution in [1.29, 1.82) is 0 Å². The summed E-state index contributed by atoms with van der Waals surface area (Å²) >= 11 is 0. The first-order valence-electron chi connectivity index (χ1n) is 6.83. The summed E-state index contributed by atoms with van der Waals surface area (Å²) in [6, 6.07) is 5.42. The molecule has 0 saturated carbocycles. The van der Waals surface area contributed by atoms with Crippen molar-refractivity contribution in [1.82, 2.24) is 20.1 Å². The van der Waals surface area contributed by atoms with Crippen LogP contribution in [0.1, 0.15) is 19.3 Å². The number of hydrogen-bond acceptors (Lipinski definition) is 4. The van der Waals surface area contributed by atoms with Gasteiger partial charge < -0.3 is 10.6 Å². The second-order valence-corrected chi connectivity index (χ2v) is 4.85. The summed E-state index contributed by atoms with van der Waals surface area (Å²) in [6.07, 6.45) is 8.31. The molecular formula is C14H17N5O. The fraction of sp³-hybridized carbons (Fsp3) is 0.357. The van der Waals surface area contributed by atoms with E-state index >= 15 is 0 Å². The van der Waals surface area contributed by atoms with Crippen molar-refractivity contribution in [2.24, 2.45) is 0 Å². The van der Waals surface area contributed by atoms with Crippen molar-refractivity contribution in [3.63, 3.8) is 0 Å². The fourth-order valence-electron chi connectivity index (χ4n) is 2.30. The van der Waals surface area contributed by atoms with E-state index in [1.165, 1.54) is 0 Å². The highest BCUT2D eigenvalue weighted by molar-refractivity contribution is 5.94. The molecule has 0 bridgehead atoms. The average molecular weight is 271 g/mol. The molecule has 2 aromatic heterocycles. The molecule has 3 rings (SSSR count). The van der Waals surface area contributed by atoms with Gasteiger partial charge >= 0.3 is 0 Å². The molecule has 1 aliphatic heterocycles. The topological polar surface area (TPSA) is 71.8 Å². The van der Waals surface area contributed by atoms with E-state index in [2.05, 4.69) is 20.7 Å². The summed E-state index contributed by atoms with van der Waals surface area (Å²) in [5, 5.41) is 10.2. The second-order valence-electron chi connectivity index (χ2n) is 4.85. The third-order valence-corrected chi connectivity index (χ3v) is 3.38. The largest absolute Gasteiger partial charge is 0.323 e. The van der Waals surface area contributed by atoms with E-state index < -0.39 is 0 Å². The molecule has 6 nitrogen and oxygen atoms in total. The van der Waals surface area contributed by atoms with Crippen LogP contribution < -0.4 is 10.6 Å². The Labute approximate surface area is 117 Å². The van der Waals surface area contributed by atoms with Crippen LogP contribution in [0, 0.1) is 0 Å². The van der Waals surface area contributed by atoms with E-state index in [1.54, 1.807) is 17.1 Å². The van der Waals surface area contributed by atoms with E-state index in [-0.39, 0.29) is 11.9 Å². The van der Waals surface area contributed by atoms with Crippen LogP contribution in [-0.2, 0) is 4.79 Å². The van der Waals surface area contributed by atoms with Gasteiger partial charge in [-0.25, -0.2) is 9.67 Å². The summed E-state index contributed by atoms with van der Waals surface area (Å²) in [4.78, 5) is 16.3. The predicted molar refractivity (Wildman–Crippen MR) is 75.6 cm³/mol. The van der Waals surface area contributed by atoms with Gasteiger partial charge in [0.25, 0.3) is 0 Å². The number of amides is 1. The van der Waals surface area contributed by atoms with Gasteiger partial charge in [0.2, 0.25) is 5.91 Å². The van der Waals surface area contributed by atoms with Crippen LogP contribution in [0.5, 0.6) is 0 Å². The van der Waals surface area contributed by atoms with Crippen molar-refractivity contribution >= 4 is 11.6 Å². The summed E-state index contributed by atoms with van der Waals surface area (Å²) in [5.41, 5.74) is 0.707. The molecule has 20 heavy (non-hydrogen) atoms. The molecule has 1 atom stereocenters. The Balaban J connectivity index is 1.64. The van der Waals surface area contributed by atoms with Gasteiger partial charge in [-0.15, -0.1) is 0 Å². The highest BCUT2D eigenvalue weighted by Crippen LogP contribution is 2.12. The SMILES string of the molecule is O=C(Nc1ccc(-n2cccn2)nc1)[C@H]1CCCCN1. The van der Waals surface area contributed by atoms with E-state index in [4.69, 9.17) is 0 Å². The van der Waals surface area contributed by atoms with Gasteiger partial charge in [-0.3, -0.25) is 4.79 Å². The molecule has 0 aromatic carbocycles. The van der Waals surface area contributed by atoms with Crippen LogP contribution >= 0.6 is 0 Å². The van der Waals surface area contributed by atoms with Crippen molar-refractivity contribution < 1.29 is 4.79 Å². The van der Waals surface area contributed by atoms with Gasteiger partial charge in [-0.05, 0) is 37.6 Å². The minimum Gasteiger partial charge on any atom is -0.323 e. The lowest BCUT2D eigenvalue weighted by Crippen LogP contribution is -2.43. The number of pyridine rings is 1. The smallest absolute Gasteiger partial charge is 0.241 e. The zero-order valence-corrected chi connectivity index (χ0v) is 11.1. The molecule has 1 saturated heterocycles. The van der Waals surface area contributed by atoms with Crippen LogP contribution in [0.15, 0.2) is 36.8 Å². The first-order chi connectivity index (χ1) is 9.83. The quantitative estimate of drug-likeness (QED) is 0.884. The molecule has 0 unspecified atom stereocenters. The number of anilines is 1. The Morgan fingerprint density at radius 1 is 1.40 bits per heavy atom. The molecule has 1 fully saturated rings. The summed E-state index contributed by atoms with van der Waals surface area (Å²) in [7, 11) is 0. The number of hydrogen-bond donors (Lipinski definition) is 2. The van der Waals surface area contributed by atoms with Crippen LogP contribution in [0.4, 0.5) is 5.69 Å². The highest BCUT2D eigenvalue weighted by Gasteiger charge is 2.20. The monoisotopic (exact) mass is 271 g/mol. The Kier molecular flexibility index (Phi) is 3.73. The zero-order valence-electron chi connectivity index (χ0n) is 11.1. The summed E-state index contributed by atoms with van der Waals surface area (Å²) < 4.78 is 1.67. The molecule has 6 heteroatoms. The van der Waals surface area contributed by atoms with Gasteiger partial charge in [0.1, 0.15) is 0 Å². The predicted octanol–water partition coefficient (Wildman–Crippen LogP) is 1.35. The Morgan fingerprint density at radius 3 is 3.00 bits per heavy atom. The third-order valence-electron chi connectivity index (χ3n) is 3.38. The van der Waals surface area contributed by atoms with Crippen molar-refractivity contribution in [2.45, 2.75) is 25.3 Å². The lowest BCUT2D eigenvalue weighted by Gasteiger charge is -2.22. The maximum Gasteiger partial charge on any atom is 0.241 e. The normalized spacial score (nSPS) is 18.7. The molecule has 1 aliphatic rings. The Bertz CT molecular complexity index is 558. The third kappa shape index (κ3) is 2.85. The van der Waals surface area contributed by atoms with Crippen LogP contribution in [-0.4, -0.2) is 33.3 Å². The zero-order chi connectivity index (χ0) is 13.8. The van der Waals surface area contributed by atoms with E-state index in [0.29, 0.717) is 5.69 Å². The highest BCUT2D eigenvalue weighted by atomic mass is 16.2. The average Bonchev–Trinajstić information content (AvgIpc) is 3.03. The van der Waals surface area contributed by atoms with Crippen LogP contribution in [0.25, 0.3) is 5.82 Å². The standard InChI is InChI=1S/C14H17N5O/c20-14(12-4-1-2-7-15-12)18-11-5-6-13(16-10-11)19-9-3-8-17-19/h3,5-6,8-10,12,15H,1-2,4,7H2,(H,18,20)/t12-/m1/s1. The number of rotatable bonds is 3. The van der Waals surface area contributed by atoms with Gasteiger partial charge in [0, 0.05) is 12.4 Å². The van der Waals surface area contributed by atoms with Gasteiger partial charge in [0.15, 0.2) is 5.82 Å². The minimum atomic E-state index is -0.0884. The van der Waals surface area contributed by atoms with E-state index in [0.717, 1.165) is 31.6 Å². The number of nitrogens with zero attached hydrogens (tertiary/aromatic N) is 3. The van der Waals surface area contributed by atoms with E-state index in [9.17, 15) is 4.79 Å². The molecule has 0 radical (unpaired) electrons. The lowest BCUT2D eigenvalue weighted by molar-refractivity contribution is -0.118. The molecule has 104 valence electrons. The second kappa shape index (κ2) is 5.83. The molecule has 3 heterocycles. The number of piperidine rings is 1. The summed E-state index contributed by atoms with van der Waals surface area (Å²) in [6.45, 7) is 0.911. The Hall–Kier alpha value is -2.21. The molecule has 2 aromatic rings. The number of nitrogens with one attached hydrogen (secondary N) is 2. The number of aromatic nitrogens is 3. The van der Waals surface area contributed by atoms with Crippen LogP contribution in [0.3, 0.4) is 0 Å². The van der Waals surface area contributed by atoms with Crippen molar-refractivity contribution in [3.05, 3.63) is 36.8 Å². The minimum absolute atomic E-state index is 0.0124. The van der Waals surface area contributed by atoms with E-state index in [1.807, 2.05) is 24.4 Å². The maximum atomic E-state index is 12.1. The van der Waals surface area contributed by atoms with Gasteiger partial charge in [-0.1, -0.05) is 6.42 Å². The number of carbonyl (C=O) groups is 1. The Morgan fingerprint density at radius 2 is 2.35 bits per heavy atom. The molecular weight excluding hydrogens is 254 g/mol. The molecule has 2 N–H and O–H groups in total. The van der Waals surface area contributed by atoms with Crippen molar-refractivity contribution in [3.8, 4) is 5.82 Å². The molecule has 0 aliphatic carbocycles. The maximum absolute atomic E-state index is 12.1. The van der Waals surface area contributed by atoms with Crippen LogP contribution in [0.2, 0.25) is 0 Å².